The minimum Gasteiger partial charge on any atom is -0.494 e. The van der Waals surface area contributed by atoms with E-state index in [1.807, 2.05) is 13.8 Å². The minimum atomic E-state index is -3.74. The van der Waals surface area contributed by atoms with Gasteiger partial charge in [0.2, 0.25) is 0 Å². The summed E-state index contributed by atoms with van der Waals surface area (Å²) >= 11 is 0. The molecule has 0 aromatic heterocycles. The van der Waals surface area contributed by atoms with Crippen molar-refractivity contribution >= 4 is 33.8 Å². The molecule has 10 heteroatoms. The van der Waals surface area contributed by atoms with Crippen LogP contribution < -0.4 is 19.6 Å². The highest BCUT2D eigenvalue weighted by atomic mass is 32.2. The van der Waals surface area contributed by atoms with Crippen LogP contribution in [0, 0.1) is 6.92 Å². The van der Waals surface area contributed by atoms with Crippen molar-refractivity contribution in [1.29, 1.82) is 0 Å². The maximum absolute atomic E-state index is 12.5. The Labute approximate surface area is 232 Å². The number of hydrogen-bond donors (Lipinski definition) is 2. The Morgan fingerprint density at radius 3 is 2.02 bits per heavy atom. The van der Waals surface area contributed by atoms with Gasteiger partial charge in [0.1, 0.15) is 11.5 Å². The first kappa shape index (κ1) is 28.1. The van der Waals surface area contributed by atoms with Gasteiger partial charge < -0.3 is 9.47 Å². The van der Waals surface area contributed by atoms with Crippen molar-refractivity contribution in [2.45, 2.75) is 18.7 Å². The average molecular weight is 558 g/mol. The van der Waals surface area contributed by atoms with Crippen molar-refractivity contribution < 1.29 is 27.5 Å². The van der Waals surface area contributed by atoms with Gasteiger partial charge in [-0.15, -0.1) is 0 Å². The van der Waals surface area contributed by atoms with Gasteiger partial charge in [-0.3, -0.25) is 9.52 Å². The van der Waals surface area contributed by atoms with Crippen molar-refractivity contribution in [1.82, 2.24) is 5.43 Å². The summed E-state index contributed by atoms with van der Waals surface area (Å²) in [7, 11) is -3.74. The van der Waals surface area contributed by atoms with Crippen LogP contribution in [0.25, 0.3) is 0 Å². The molecule has 0 atom stereocenters. The van der Waals surface area contributed by atoms with E-state index in [0.29, 0.717) is 40.5 Å². The molecule has 0 aliphatic carbocycles. The van der Waals surface area contributed by atoms with Gasteiger partial charge in [0, 0.05) is 11.3 Å². The number of nitrogens with one attached hydrogen (secondary N) is 2. The number of amides is 1. The van der Waals surface area contributed by atoms with Crippen molar-refractivity contribution in [3.8, 4) is 11.5 Å². The lowest BCUT2D eigenvalue weighted by Gasteiger charge is -2.09. The highest BCUT2D eigenvalue weighted by Crippen LogP contribution is 2.18. The fourth-order valence-electron chi connectivity index (χ4n) is 3.49. The molecule has 0 aliphatic heterocycles. The van der Waals surface area contributed by atoms with Gasteiger partial charge in [0.05, 0.1) is 23.3 Å². The number of rotatable bonds is 10. The first-order valence-electron chi connectivity index (χ1n) is 12.3. The monoisotopic (exact) mass is 557 g/mol. The lowest BCUT2D eigenvalue weighted by atomic mass is 10.2. The van der Waals surface area contributed by atoms with Gasteiger partial charge in [-0.1, -0.05) is 17.7 Å². The number of hydrazone groups is 1. The molecule has 4 aromatic rings. The topological polar surface area (TPSA) is 123 Å². The highest BCUT2D eigenvalue weighted by molar-refractivity contribution is 7.92. The van der Waals surface area contributed by atoms with Crippen molar-refractivity contribution in [3.63, 3.8) is 0 Å². The van der Waals surface area contributed by atoms with Crippen LogP contribution in [0.15, 0.2) is 107 Å². The standard InChI is InChI=1S/C30H27N3O6S/c1-3-38-26-16-10-24(11-17-26)30(35)39-27-14-6-22(7-15-27)20-31-32-29(34)23-8-12-25(13-9-23)33-40(36,37)28-18-4-21(2)5-19-28/h4-20,33H,3H2,1-2H3,(H,32,34). The Kier molecular flexibility index (Phi) is 8.93. The summed E-state index contributed by atoms with van der Waals surface area (Å²) in [4.78, 5) is 24.9. The number of aryl methyl sites for hydroxylation is 1. The molecule has 0 aliphatic rings. The third-order valence-electron chi connectivity index (χ3n) is 5.60. The number of ether oxygens (including phenoxy) is 2. The van der Waals surface area contributed by atoms with Gasteiger partial charge in [-0.05, 0) is 104 Å². The van der Waals surface area contributed by atoms with Crippen LogP contribution in [0.3, 0.4) is 0 Å². The molecular weight excluding hydrogens is 530 g/mol. The maximum Gasteiger partial charge on any atom is 0.343 e. The van der Waals surface area contributed by atoms with Crippen LogP contribution in [0.5, 0.6) is 11.5 Å². The Bertz CT molecular complexity index is 1600. The van der Waals surface area contributed by atoms with E-state index in [9.17, 15) is 18.0 Å². The summed E-state index contributed by atoms with van der Waals surface area (Å²) in [6.45, 7) is 4.29. The number of carbonyl (C=O) groups excluding carboxylic acids is 2. The molecule has 0 saturated heterocycles. The fraction of sp³-hybridized carbons (Fsp3) is 0.100. The van der Waals surface area contributed by atoms with Crippen LogP contribution in [0.2, 0.25) is 0 Å². The number of anilines is 1. The molecule has 4 rings (SSSR count). The van der Waals surface area contributed by atoms with E-state index in [0.717, 1.165) is 5.56 Å². The zero-order chi connectivity index (χ0) is 28.5. The molecule has 204 valence electrons. The molecule has 0 spiro atoms. The summed E-state index contributed by atoms with van der Waals surface area (Å²) in [6.07, 6.45) is 1.44. The number of benzene rings is 4. The first-order valence-corrected chi connectivity index (χ1v) is 13.8. The average Bonchev–Trinajstić information content (AvgIpc) is 2.95. The molecule has 0 heterocycles. The maximum atomic E-state index is 12.5. The second kappa shape index (κ2) is 12.7. The minimum absolute atomic E-state index is 0.146. The fourth-order valence-corrected chi connectivity index (χ4v) is 4.55. The van der Waals surface area contributed by atoms with Crippen molar-refractivity contribution in [2.75, 3.05) is 11.3 Å². The Morgan fingerprint density at radius 1 is 0.800 bits per heavy atom. The third kappa shape index (κ3) is 7.55. The van der Waals surface area contributed by atoms with E-state index in [1.54, 1.807) is 60.7 Å². The normalized spacial score (nSPS) is 11.2. The summed E-state index contributed by atoms with van der Waals surface area (Å²) in [6, 6.07) is 25.8. The van der Waals surface area contributed by atoms with E-state index in [-0.39, 0.29) is 4.90 Å². The van der Waals surface area contributed by atoms with Crippen LogP contribution in [-0.4, -0.2) is 33.1 Å². The van der Waals surface area contributed by atoms with Gasteiger partial charge >= 0.3 is 5.97 Å². The van der Waals surface area contributed by atoms with Crippen molar-refractivity contribution in [2.24, 2.45) is 5.10 Å². The highest BCUT2D eigenvalue weighted by Gasteiger charge is 2.14. The molecular formula is C30H27N3O6S. The van der Waals surface area contributed by atoms with Gasteiger partial charge in [-0.2, -0.15) is 5.10 Å². The molecule has 0 unspecified atom stereocenters. The van der Waals surface area contributed by atoms with Crippen LogP contribution >= 0.6 is 0 Å². The second-order valence-corrected chi connectivity index (χ2v) is 10.3. The third-order valence-corrected chi connectivity index (χ3v) is 7.00. The molecule has 0 fully saturated rings. The molecule has 1 amide bonds. The largest absolute Gasteiger partial charge is 0.494 e. The van der Waals surface area contributed by atoms with Gasteiger partial charge in [-0.25, -0.2) is 18.6 Å². The molecule has 0 saturated carbocycles. The summed E-state index contributed by atoms with van der Waals surface area (Å²) in [5.41, 5.74) is 5.07. The van der Waals surface area contributed by atoms with E-state index < -0.39 is 21.9 Å². The molecule has 9 nitrogen and oxygen atoms in total. The Hall–Kier alpha value is -4.96. The molecule has 40 heavy (non-hydrogen) atoms. The van der Waals surface area contributed by atoms with E-state index in [4.69, 9.17) is 9.47 Å². The van der Waals surface area contributed by atoms with Crippen LogP contribution in [-0.2, 0) is 10.0 Å². The lowest BCUT2D eigenvalue weighted by Crippen LogP contribution is -2.18. The predicted octanol–water partition coefficient (Wildman–Crippen LogP) is 5.18. The van der Waals surface area contributed by atoms with Crippen LogP contribution in [0.1, 0.15) is 38.8 Å². The Balaban J connectivity index is 1.28. The zero-order valence-corrected chi connectivity index (χ0v) is 22.6. The first-order chi connectivity index (χ1) is 19.2. The molecule has 2 N–H and O–H groups in total. The number of hydrogen-bond acceptors (Lipinski definition) is 7. The number of sulfonamides is 1. The van der Waals surface area contributed by atoms with Crippen LogP contribution in [0.4, 0.5) is 5.69 Å². The summed E-state index contributed by atoms with van der Waals surface area (Å²) < 4.78 is 38.3. The second-order valence-electron chi connectivity index (χ2n) is 8.61. The van der Waals surface area contributed by atoms with Gasteiger partial charge in [0.15, 0.2) is 0 Å². The number of esters is 1. The van der Waals surface area contributed by atoms with E-state index in [2.05, 4.69) is 15.2 Å². The quantitative estimate of drug-likeness (QED) is 0.120. The number of carbonyl (C=O) groups is 2. The smallest absolute Gasteiger partial charge is 0.343 e. The molecule has 0 radical (unpaired) electrons. The van der Waals surface area contributed by atoms with E-state index >= 15 is 0 Å². The number of nitrogens with zero attached hydrogens (tertiary/aromatic N) is 1. The summed E-state index contributed by atoms with van der Waals surface area (Å²) in [5.74, 6) is 0.0714. The lowest BCUT2D eigenvalue weighted by molar-refractivity contribution is 0.0734. The molecule has 0 bridgehead atoms. The molecule has 4 aromatic carbocycles. The van der Waals surface area contributed by atoms with E-state index in [1.165, 1.54) is 42.6 Å². The Morgan fingerprint density at radius 2 is 1.40 bits per heavy atom. The zero-order valence-electron chi connectivity index (χ0n) is 21.8. The predicted molar refractivity (Wildman–Crippen MR) is 153 cm³/mol. The SMILES string of the molecule is CCOc1ccc(C(=O)Oc2ccc(C=NNC(=O)c3ccc(NS(=O)(=O)c4ccc(C)cc4)cc3)cc2)cc1. The van der Waals surface area contributed by atoms with Gasteiger partial charge in [0.25, 0.3) is 15.9 Å². The van der Waals surface area contributed by atoms with Crippen molar-refractivity contribution in [3.05, 3.63) is 119 Å². The summed E-state index contributed by atoms with van der Waals surface area (Å²) in [5, 5.41) is 3.95.